The Kier molecular flexibility index (Phi) is 4.62. The predicted octanol–water partition coefficient (Wildman–Crippen LogP) is 4.50. The van der Waals surface area contributed by atoms with Crippen LogP contribution in [-0.4, -0.2) is 12.5 Å². The van der Waals surface area contributed by atoms with Gasteiger partial charge in [-0.15, -0.1) is 0 Å². The molecule has 0 aliphatic carbocycles. The number of rotatable bonds is 4. The Morgan fingerprint density at radius 2 is 1.83 bits per heavy atom. The van der Waals surface area contributed by atoms with E-state index in [1.165, 1.54) is 0 Å². The standard InChI is InChI=1S/C19H19NO3/c1-14-16(10-7-13-22-14)19(21)20-17-11-5-6-12-18(17)23-15-8-3-2-4-9-15/h2-6,8-9,11-12H,7,10,13H2,1H3,(H,20,21). The molecule has 1 N–H and O–H groups in total. The summed E-state index contributed by atoms with van der Waals surface area (Å²) >= 11 is 0. The first-order valence-corrected chi connectivity index (χ1v) is 7.70. The Labute approximate surface area is 135 Å². The molecular weight excluding hydrogens is 290 g/mol. The average Bonchev–Trinajstić information content (AvgIpc) is 2.58. The molecule has 0 saturated carbocycles. The van der Waals surface area contributed by atoms with Gasteiger partial charge in [0.1, 0.15) is 11.5 Å². The third-order valence-electron chi connectivity index (χ3n) is 3.70. The second-order valence-electron chi connectivity index (χ2n) is 5.35. The lowest BCUT2D eigenvalue weighted by Crippen LogP contribution is -2.19. The highest BCUT2D eigenvalue weighted by molar-refractivity contribution is 6.04. The first kappa shape index (κ1) is 15.2. The van der Waals surface area contributed by atoms with Gasteiger partial charge in [-0.2, -0.15) is 0 Å². The Morgan fingerprint density at radius 1 is 1.09 bits per heavy atom. The van der Waals surface area contributed by atoms with E-state index in [0.717, 1.165) is 18.6 Å². The van der Waals surface area contributed by atoms with Crippen molar-refractivity contribution in [2.75, 3.05) is 11.9 Å². The SMILES string of the molecule is CC1=C(C(=O)Nc2ccccc2Oc2ccccc2)CCCO1. The van der Waals surface area contributed by atoms with E-state index in [9.17, 15) is 4.79 Å². The zero-order valence-electron chi connectivity index (χ0n) is 13.0. The Hall–Kier alpha value is -2.75. The molecule has 0 fully saturated rings. The van der Waals surface area contributed by atoms with Crippen LogP contribution in [0.4, 0.5) is 5.69 Å². The molecule has 0 saturated heterocycles. The molecule has 4 nitrogen and oxygen atoms in total. The smallest absolute Gasteiger partial charge is 0.255 e. The summed E-state index contributed by atoms with van der Waals surface area (Å²) in [6.07, 6.45) is 1.60. The van der Waals surface area contributed by atoms with Crippen LogP contribution in [0.15, 0.2) is 65.9 Å². The maximum absolute atomic E-state index is 12.5. The summed E-state index contributed by atoms with van der Waals surface area (Å²) in [7, 11) is 0. The Bertz CT molecular complexity index is 722. The molecular formula is C19H19NO3. The Morgan fingerprint density at radius 3 is 2.61 bits per heavy atom. The van der Waals surface area contributed by atoms with Gasteiger partial charge in [-0.3, -0.25) is 4.79 Å². The van der Waals surface area contributed by atoms with Gasteiger partial charge in [-0.1, -0.05) is 30.3 Å². The monoisotopic (exact) mass is 309 g/mol. The molecule has 118 valence electrons. The van der Waals surface area contributed by atoms with Crippen molar-refractivity contribution < 1.29 is 14.3 Å². The fourth-order valence-corrected chi connectivity index (χ4v) is 2.48. The lowest BCUT2D eigenvalue weighted by atomic mass is 10.1. The summed E-state index contributed by atoms with van der Waals surface area (Å²) in [5.41, 5.74) is 1.35. The zero-order chi connectivity index (χ0) is 16.1. The van der Waals surface area contributed by atoms with Crippen molar-refractivity contribution in [2.45, 2.75) is 19.8 Å². The lowest BCUT2D eigenvalue weighted by molar-refractivity contribution is -0.113. The van der Waals surface area contributed by atoms with Gasteiger partial charge in [0.05, 0.1) is 17.9 Å². The Balaban J connectivity index is 1.79. The fourth-order valence-electron chi connectivity index (χ4n) is 2.48. The second-order valence-corrected chi connectivity index (χ2v) is 5.35. The van der Waals surface area contributed by atoms with Crippen LogP contribution < -0.4 is 10.1 Å². The van der Waals surface area contributed by atoms with Gasteiger partial charge in [0.25, 0.3) is 5.91 Å². The fraction of sp³-hybridized carbons (Fsp3) is 0.211. The van der Waals surface area contributed by atoms with E-state index < -0.39 is 0 Å². The van der Waals surface area contributed by atoms with Crippen LogP contribution in [0.25, 0.3) is 0 Å². The van der Waals surface area contributed by atoms with E-state index in [1.807, 2.05) is 61.5 Å². The lowest BCUT2D eigenvalue weighted by Gasteiger charge is -2.19. The molecule has 0 radical (unpaired) electrons. The predicted molar refractivity (Wildman–Crippen MR) is 89.5 cm³/mol. The van der Waals surface area contributed by atoms with Gasteiger partial charge in [0, 0.05) is 0 Å². The molecule has 0 bridgehead atoms. The number of hydrogen-bond acceptors (Lipinski definition) is 3. The van der Waals surface area contributed by atoms with Crippen molar-refractivity contribution in [3.63, 3.8) is 0 Å². The summed E-state index contributed by atoms with van der Waals surface area (Å²) in [6.45, 7) is 2.51. The maximum atomic E-state index is 12.5. The topological polar surface area (TPSA) is 47.6 Å². The van der Waals surface area contributed by atoms with Crippen molar-refractivity contribution >= 4 is 11.6 Å². The van der Waals surface area contributed by atoms with Crippen molar-refractivity contribution in [1.82, 2.24) is 0 Å². The summed E-state index contributed by atoms with van der Waals surface area (Å²) < 4.78 is 11.3. The summed E-state index contributed by atoms with van der Waals surface area (Å²) in [5, 5.41) is 2.93. The number of carbonyl (C=O) groups is 1. The molecule has 4 heteroatoms. The van der Waals surface area contributed by atoms with Crippen molar-refractivity contribution in [3.05, 3.63) is 65.9 Å². The van der Waals surface area contributed by atoms with E-state index in [1.54, 1.807) is 0 Å². The van der Waals surface area contributed by atoms with Crippen LogP contribution >= 0.6 is 0 Å². The van der Waals surface area contributed by atoms with Gasteiger partial charge in [-0.05, 0) is 44.0 Å². The maximum Gasteiger partial charge on any atom is 0.255 e. The van der Waals surface area contributed by atoms with E-state index >= 15 is 0 Å². The van der Waals surface area contributed by atoms with Crippen LogP contribution in [-0.2, 0) is 9.53 Å². The van der Waals surface area contributed by atoms with E-state index in [0.29, 0.717) is 29.4 Å². The van der Waals surface area contributed by atoms with Crippen LogP contribution in [0, 0.1) is 0 Å². The first-order chi connectivity index (χ1) is 11.2. The van der Waals surface area contributed by atoms with E-state index in [4.69, 9.17) is 9.47 Å². The highest BCUT2D eigenvalue weighted by Crippen LogP contribution is 2.30. The molecule has 1 heterocycles. The molecule has 0 aromatic heterocycles. The number of para-hydroxylation sites is 3. The highest BCUT2D eigenvalue weighted by Gasteiger charge is 2.19. The number of nitrogens with one attached hydrogen (secondary N) is 1. The second kappa shape index (κ2) is 7.01. The molecule has 1 aliphatic rings. The number of ether oxygens (including phenoxy) is 2. The summed E-state index contributed by atoms with van der Waals surface area (Å²) in [5.74, 6) is 1.91. The van der Waals surface area contributed by atoms with Crippen molar-refractivity contribution in [3.8, 4) is 11.5 Å². The quantitative estimate of drug-likeness (QED) is 0.904. The molecule has 2 aromatic carbocycles. The summed E-state index contributed by atoms with van der Waals surface area (Å²) in [6, 6.07) is 16.9. The average molecular weight is 309 g/mol. The van der Waals surface area contributed by atoms with Gasteiger partial charge in [-0.25, -0.2) is 0 Å². The normalized spacial score (nSPS) is 14.1. The third-order valence-corrected chi connectivity index (χ3v) is 3.70. The van der Waals surface area contributed by atoms with Gasteiger partial charge in [0.15, 0.2) is 5.75 Å². The van der Waals surface area contributed by atoms with Crippen LogP contribution in [0.3, 0.4) is 0 Å². The van der Waals surface area contributed by atoms with Crippen LogP contribution in [0.2, 0.25) is 0 Å². The molecule has 0 unspecified atom stereocenters. The van der Waals surface area contributed by atoms with Gasteiger partial charge in [0.2, 0.25) is 0 Å². The molecule has 23 heavy (non-hydrogen) atoms. The van der Waals surface area contributed by atoms with Crippen LogP contribution in [0.5, 0.6) is 11.5 Å². The molecule has 2 aromatic rings. The summed E-state index contributed by atoms with van der Waals surface area (Å²) in [4.78, 5) is 12.5. The number of anilines is 1. The highest BCUT2D eigenvalue weighted by atomic mass is 16.5. The molecule has 3 rings (SSSR count). The van der Waals surface area contributed by atoms with Gasteiger partial charge < -0.3 is 14.8 Å². The molecule has 0 atom stereocenters. The number of amides is 1. The first-order valence-electron chi connectivity index (χ1n) is 7.70. The minimum atomic E-state index is -0.133. The van der Waals surface area contributed by atoms with E-state index in [-0.39, 0.29) is 5.91 Å². The molecule has 1 amide bonds. The minimum Gasteiger partial charge on any atom is -0.498 e. The largest absolute Gasteiger partial charge is 0.498 e. The van der Waals surface area contributed by atoms with Crippen molar-refractivity contribution in [2.24, 2.45) is 0 Å². The molecule has 1 aliphatic heterocycles. The molecule has 0 spiro atoms. The third kappa shape index (κ3) is 3.72. The number of benzene rings is 2. The van der Waals surface area contributed by atoms with Crippen LogP contribution in [0.1, 0.15) is 19.8 Å². The number of hydrogen-bond donors (Lipinski definition) is 1. The minimum absolute atomic E-state index is 0.133. The van der Waals surface area contributed by atoms with Gasteiger partial charge >= 0.3 is 0 Å². The van der Waals surface area contributed by atoms with Crippen molar-refractivity contribution in [1.29, 1.82) is 0 Å². The van der Waals surface area contributed by atoms with E-state index in [2.05, 4.69) is 5.32 Å². The number of carbonyl (C=O) groups excluding carboxylic acids is 1. The zero-order valence-corrected chi connectivity index (χ0v) is 13.0. The number of allylic oxidation sites excluding steroid dienone is 1.